The zero-order valence-electron chi connectivity index (χ0n) is 24.7. The molecule has 8 nitrogen and oxygen atoms in total. The second-order valence-electron chi connectivity index (χ2n) is 9.68. The number of benzene rings is 2. The van der Waals surface area contributed by atoms with E-state index in [1.165, 1.54) is 0 Å². The SMILES string of the molecule is CCCCO[Si](C)(C)O[Si](C)(C)O[Si](C)(C)OCCCC.N#[N+]c1ccccc1.N#[N+]c1ccccc1.[Cl-].[Cl-]. The predicted octanol–water partition coefficient (Wildman–Crippen LogP) is 3.11. The van der Waals surface area contributed by atoms with E-state index in [1.807, 2.05) is 36.4 Å². The number of diazo groups is 2. The Balaban J connectivity index is -0.000000586. The second-order valence-corrected chi connectivity index (χ2v) is 20.3. The normalized spacial score (nSPS) is 10.6. The van der Waals surface area contributed by atoms with Crippen LogP contribution >= 0.6 is 0 Å². The summed E-state index contributed by atoms with van der Waals surface area (Å²) in [5.41, 5.74) is 1.18. The maximum Gasteiger partial charge on any atom is 0.385 e. The van der Waals surface area contributed by atoms with Gasteiger partial charge in [-0.2, -0.15) is 0 Å². The monoisotopic (exact) mass is 632 g/mol. The van der Waals surface area contributed by atoms with Crippen molar-refractivity contribution in [2.24, 2.45) is 0 Å². The molecule has 0 saturated heterocycles. The summed E-state index contributed by atoms with van der Waals surface area (Å²) >= 11 is 0. The summed E-state index contributed by atoms with van der Waals surface area (Å²) in [6, 6.07) is 17.9. The van der Waals surface area contributed by atoms with Gasteiger partial charge in [0.1, 0.15) is 0 Å². The van der Waals surface area contributed by atoms with Crippen molar-refractivity contribution in [3.05, 3.63) is 70.6 Å². The van der Waals surface area contributed by atoms with Gasteiger partial charge in [-0.3, -0.25) is 0 Å². The van der Waals surface area contributed by atoms with Crippen molar-refractivity contribution in [2.45, 2.75) is 78.8 Å². The average Bonchev–Trinajstić information content (AvgIpc) is 2.84. The minimum absolute atomic E-state index is 0. The molecular formula is C26H46Cl2N4O4Si3. The molecule has 39 heavy (non-hydrogen) atoms. The molecule has 0 aliphatic carbocycles. The van der Waals surface area contributed by atoms with Crippen molar-refractivity contribution in [2.75, 3.05) is 13.2 Å². The van der Waals surface area contributed by atoms with Crippen molar-refractivity contribution in [1.29, 1.82) is 10.8 Å². The molecule has 220 valence electrons. The minimum atomic E-state index is -2.22. The fourth-order valence-corrected chi connectivity index (χ4v) is 14.9. The number of rotatable bonds is 12. The fourth-order valence-electron chi connectivity index (χ4n) is 3.18. The Bertz CT molecular complexity index is 870. The van der Waals surface area contributed by atoms with Gasteiger partial charge in [-0.1, -0.05) is 63.1 Å². The van der Waals surface area contributed by atoms with Gasteiger partial charge in [-0.15, -0.1) is 0 Å². The van der Waals surface area contributed by atoms with Crippen molar-refractivity contribution < 1.29 is 41.9 Å². The van der Waals surface area contributed by atoms with Crippen molar-refractivity contribution in [3.8, 4) is 0 Å². The molecule has 2 aromatic carbocycles. The molecule has 0 N–H and O–H groups in total. The summed E-state index contributed by atoms with van der Waals surface area (Å²) in [6.45, 7) is 18.5. The van der Waals surface area contributed by atoms with E-state index in [9.17, 15) is 0 Å². The van der Waals surface area contributed by atoms with E-state index in [2.05, 4.69) is 63.1 Å². The number of unbranched alkanes of at least 4 members (excludes halogenated alkanes) is 2. The molecule has 0 aliphatic heterocycles. The van der Waals surface area contributed by atoms with Crippen LogP contribution in [-0.4, -0.2) is 38.9 Å². The third-order valence-electron chi connectivity index (χ3n) is 4.62. The molecular weight excluding hydrogens is 587 g/mol. The Morgan fingerprint density at radius 2 is 0.872 bits per heavy atom. The van der Waals surface area contributed by atoms with Crippen LogP contribution in [0.4, 0.5) is 11.4 Å². The van der Waals surface area contributed by atoms with Crippen LogP contribution in [0.25, 0.3) is 9.95 Å². The van der Waals surface area contributed by atoms with Gasteiger partial charge in [-0.05, 0) is 52.1 Å². The third-order valence-corrected chi connectivity index (χ3v) is 14.3. The van der Waals surface area contributed by atoms with E-state index in [0.717, 1.165) is 38.9 Å². The maximum absolute atomic E-state index is 8.16. The Kier molecular flexibility index (Phi) is 24.8. The van der Waals surface area contributed by atoms with Crippen LogP contribution < -0.4 is 24.8 Å². The van der Waals surface area contributed by atoms with E-state index in [1.54, 1.807) is 24.3 Å². The topological polar surface area (TPSA) is 93.2 Å². The number of hydrogen-bond donors (Lipinski definition) is 0. The summed E-state index contributed by atoms with van der Waals surface area (Å²) in [6.07, 6.45) is 4.46. The lowest BCUT2D eigenvalue weighted by atomic mass is 10.3. The minimum Gasteiger partial charge on any atom is -1.00 e. The molecule has 0 bridgehead atoms. The highest BCUT2D eigenvalue weighted by atomic mass is 35.5. The Morgan fingerprint density at radius 1 is 0.564 bits per heavy atom. The summed E-state index contributed by atoms with van der Waals surface area (Å²) in [5.74, 6) is 0. The molecule has 0 unspecified atom stereocenters. The molecule has 2 rings (SSSR count). The number of nitrogens with zero attached hydrogens (tertiary/aromatic N) is 4. The van der Waals surface area contributed by atoms with Crippen LogP contribution in [-0.2, 0) is 17.1 Å². The quantitative estimate of drug-likeness (QED) is 0.203. The molecule has 13 heteroatoms. The molecule has 0 heterocycles. The summed E-state index contributed by atoms with van der Waals surface area (Å²) in [7, 11) is -6.44. The zero-order chi connectivity index (χ0) is 28.2. The van der Waals surface area contributed by atoms with Gasteiger partial charge in [0, 0.05) is 37.5 Å². The van der Waals surface area contributed by atoms with Crippen molar-refractivity contribution in [1.82, 2.24) is 0 Å². The highest BCUT2D eigenvalue weighted by Crippen LogP contribution is 2.22. The number of hydrogen-bond acceptors (Lipinski definition) is 6. The first-order valence-corrected chi connectivity index (χ1v) is 21.3. The van der Waals surface area contributed by atoms with Crippen LogP contribution in [0, 0.1) is 10.8 Å². The van der Waals surface area contributed by atoms with E-state index in [-0.39, 0.29) is 24.8 Å². The van der Waals surface area contributed by atoms with Crippen LogP contribution in [0.3, 0.4) is 0 Å². The summed E-state index contributed by atoms with van der Waals surface area (Å²) < 4.78 is 24.5. The lowest BCUT2D eigenvalue weighted by Gasteiger charge is -2.37. The highest BCUT2D eigenvalue weighted by Gasteiger charge is 2.41. The number of halogens is 2. The van der Waals surface area contributed by atoms with E-state index in [0.29, 0.717) is 11.4 Å². The molecule has 0 atom stereocenters. The largest absolute Gasteiger partial charge is 1.00 e. The summed E-state index contributed by atoms with van der Waals surface area (Å²) in [4.78, 5) is 5.94. The molecule has 2 aromatic rings. The smallest absolute Gasteiger partial charge is 0.385 e. The average molecular weight is 634 g/mol. The highest BCUT2D eigenvalue weighted by molar-refractivity contribution is 6.84. The van der Waals surface area contributed by atoms with Gasteiger partial charge in [-0.25, -0.2) is 0 Å². The molecule has 0 aliphatic rings. The lowest BCUT2D eigenvalue weighted by molar-refractivity contribution is -0.001000. The standard InChI is InChI=1S/C14H36O4Si3.2C6H5N2.2ClH/c1-9-11-13-15-19(3,4)17-21(7,8)18-20(5,6)16-14-12-10-2;2*7-8-6-4-2-1-3-5-6;;/h9-14H2,1-8H3;2*1-5H;2*1H/q;2*+1;;/p-2. The van der Waals surface area contributed by atoms with Gasteiger partial charge in [0.05, 0.1) is 0 Å². The van der Waals surface area contributed by atoms with Crippen LogP contribution in [0.15, 0.2) is 60.7 Å². The van der Waals surface area contributed by atoms with Gasteiger partial charge < -0.3 is 41.9 Å². The van der Waals surface area contributed by atoms with Gasteiger partial charge >= 0.3 is 37.1 Å². The Hall–Kier alpha value is -1.65. The first kappa shape index (κ1) is 41.8. The maximum atomic E-state index is 8.16. The Morgan fingerprint density at radius 3 is 1.10 bits per heavy atom. The Labute approximate surface area is 251 Å². The van der Waals surface area contributed by atoms with Gasteiger partial charge in [0.25, 0.3) is 0 Å². The molecule has 0 fully saturated rings. The lowest BCUT2D eigenvalue weighted by Crippen LogP contribution is -3.00. The zero-order valence-corrected chi connectivity index (χ0v) is 29.2. The van der Waals surface area contributed by atoms with Crippen LogP contribution in [0.2, 0.25) is 39.3 Å². The molecule has 0 saturated carbocycles. The molecule has 0 radical (unpaired) electrons. The summed E-state index contributed by atoms with van der Waals surface area (Å²) in [5, 5.41) is 16.3. The fraction of sp³-hybridized carbons (Fsp3) is 0.538. The van der Waals surface area contributed by atoms with Gasteiger partial charge in [0.15, 0.2) is 9.95 Å². The molecule has 0 aromatic heterocycles. The van der Waals surface area contributed by atoms with Crippen molar-refractivity contribution >= 4 is 37.1 Å². The van der Waals surface area contributed by atoms with Crippen LogP contribution in [0.1, 0.15) is 39.5 Å². The third kappa shape index (κ3) is 23.9. The predicted molar refractivity (Wildman–Crippen MR) is 159 cm³/mol. The molecule has 0 amide bonds. The van der Waals surface area contributed by atoms with Gasteiger partial charge in [0.2, 0.25) is 10.8 Å². The van der Waals surface area contributed by atoms with E-state index < -0.39 is 25.7 Å². The first-order chi connectivity index (χ1) is 17.4. The first-order valence-electron chi connectivity index (χ1n) is 12.9. The molecule has 0 spiro atoms. The van der Waals surface area contributed by atoms with E-state index >= 15 is 0 Å². The second kappa shape index (κ2) is 23.1. The van der Waals surface area contributed by atoms with E-state index in [4.69, 9.17) is 27.9 Å². The van der Waals surface area contributed by atoms with Crippen molar-refractivity contribution in [3.63, 3.8) is 0 Å². The van der Waals surface area contributed by atoms with Crippen LogP contribution in [0.5, 0.6) is 0 Å².